The Morgan fingerprint density at radius 2 is 1.36 bits per heavy atom. The van der Waals surface area contributed by atoms with Gasteiger partial charge in [-0.15, -0.1) is 0 Å². The van der Waals surface area contributed by atoms with Crippen LogP contribution in [0.15, 0.2) is 66.7 Å². The number of H-pyrrole nitrogens is 1. The van der Waals surface area contributed by atoms with Crippen molar-refractivity contribution in [3.05, 3.63) is 72.3 Å². The molecule has 0 amide bonds. The van der Waals surface area contributed by atoms with E-state index in [1.165, 1.54) is 48.9 Å². The van der Waals surface area contributed by atoms with Crippen molar-refractivity contribution in [3.8, 4) is 0 Å². The number of benzene rings is 4. The Hall–Kier alpha value is -2.80. The summed E-state index contributed by atoms with van der Waals surface area (Å²) in [5.41, 5.74) is 3.77. The molecule has 0 aliphatic carbocycles. The summed E-state index contributed by atoms with van der Waals surface area (Å²) in [7, 11) is 0. The molecule has 1 N–H and O–H groups in total. The van der Waals surface area contributed by atoms with Gasteiger partial charge in [0.15, 0.2) is 0 Å². The number of aromatic amines is 1. The van der Waals surface area contributed by atoms with Gasteiger partial charge >= 0.3 is 0 Å². The van der Waals surface area contributed by atoms with E-state index in [1.807, 2.05) is 0 Å². The minimum atomic E-state index is 1.22. The van der Waals surface area contributed by atoms with Gasteiger partial charge in [-0.05, 0) is 46.2 Å². The Morgan fingerprint density at radius 1 is 0.682 bits per heavy atom. The van der Waals surface area contributed by atoms with Gasteiger partial charge in [0.25, 0.3) is 0 Å². The number of aromatic nitrogens is 1. The Kier molecular flexibility index (Phi) is 2.21. The molecule has 22 heavy (non-hydrogen) atoms. The van der Waals surface area contributed by atoms with Crippen molar-refractivity contribution in [2.24, 2.45) is 0 Å². The summed E-state index contributed by atoms with van der Waals surface area (Å²) in [5, 5.41) is 7.94. The maximum atomic E-state index is 3.63. The second-order valence-corrected chi connectivity index (χ2v) is 6.00. The molecule has 0 atom stereocenters. The zero-order chi connectivity index (χ0) is 14.7. The topological polar surface area (TPSA) is 15.8 Å². The molecule has 1 nitrogen and oxygen atoms in total. The lowest BCUT2D eigenvalue weighted by atomic mass is 9.98. The van der Waals surface area contributed by atoms with Crippen molar-refractivity contribution in [3.63, 3.8) is 0 Å². The molecule has 0 spiro atoms. The van der Waals surface area contributed by atoms with E-state index in [0.717, 1.165) is 0 Å². The number of hydrogen-bond acceptors (Lipinski definition) is 0. The molecule has 0 fully saturated rings. The molecule has 5 aromatic rings. The maximum absolute atomic E-state index is 3.63. The van der Waals surface area contributed by atoms with Gasteiger partial charge in [0, 0.05) is 16.3 Å². The Balaban J connectivity index is 2.20. The van der Waals surface area contributed by atoms with Gasteiger partial charge < -0.3 is 4.98 Å². The predicted molar refractivity (Wildman–Crippen MR) is 95.6 cm³/mol. The second kappa shape index (κ2) is 4.11. The van der Waals surface area contributed by atoms with Gasteiger partial charge in [-0.25, -0.2) is 0 Å². The second-order valence-electron chi connectivity index (χ2n) is 6.00. The van der Waals surface area contributed by atoms with Gasteiger partial charge in [-0.1, -0.05) is 54.6 Å². The molecular formula is C21H15N. The number of fused-ring (bicyclic) bond motifs is 7. The highest BCUT2D eigenvalue weighted by Crippen LogP contribution is 2.37. The van der Waals surface area contributed by atoms with Crippen LogP contribution in [0.3, 0.4) is 0 Å². The average Bonchev–Trinajstić information content (AvgIpc) is 2.96. The van der Waals surface area contributed by atoms with Crippen LogP contribution in [0, 0.1) is 6.92 Å². The first-order valence-electron chi connectivity index (χ1n) is 7.64. The summed E-state index contributed by atoms with van der Waals surface area (Å²) < 4.78 is 0. The minimum Gasteiger partial charge on any atom is -0.354 e. The van der Waals surface area contributed by atoms with E-state index >= 15 is 0 Å². The summed E-state index contributed by atoms with van der Waals surface area (Å²) >= 11 is 0. The molecule has 5 rings (SSSR count). The van der Waals surface area contributed by atoms with Crippen LogP contribution in [0.1, 0.15) is 5.56 Å². The summed E-state index contributed by atoms with van der Waals surface area (Å²) in [6.45, 7) is 2.19. The van der Waals surface area contributed by atoms with E-state index in [-0.39, 0.29) is 0 Å². The zero-order valence-corrected chi connectivity index (χ0v) is 12.4. The molecule has 0 bridgehead atoms. The quantitative estimate of drug-likeness (QED) is 0.362. The van der Waals surface area contributed by atoms with Gasteiger partial charge in [-0.2, -0.15) is 0 Å². The normalized spacial score (nSPS) is 11.9. The Morgan fingerprint density at radius 3 is 2.18 bits per heavy atom. The van der Waals surface area contributed by atoms with Crippen LogP contribution in [-0.4, -0.2) is 4.98 Å². The fourth-order valence-corrected chi connectivity index (χ4v) is 3.69. The van der Waals surface area contributed by atoms with Crippen molar-refractivity contribution in [2.75, 3.05) is 0 Å². The smallest absolute Gasteiger partial charge is 0.0501 e. The summed E-state index contributed by atoms with van der Waals surface area (Å²) in [5.74, 6) is 0. The number of nitrogens with one attached hydrogen (secondary N) is 1. The molecule has 0 aliphatic heterocycles. The third kappa shape index (κ3) is 1.43. The molecule has 0 unspecified atom stereocenters. The first-order chi connectivity index (χ1) is 10.8. The fraction of sp³-hybridized carbons (Fsp3) is 0.0476. The monoisotopic (exact) mass is 281 g/mol. The number of aryl methyl sites for hydroxylation is 1. The van der Waals surface area contributed by atoms with Crippen LogP contribution < -0.4 is 0 Å². The van der Waals surface area contributed by atoms with Gasteiger partial charge in [0.2, 0.25) is 0 Å². The maximum Gasteiger partial charge on any atom is 0.0501 e. The van der Waals surface area contributed by atoms with Crippen molar-refractivity contribution in [1.29, 1.82) is 0 Å². The van der Waals surface area contributed by atoms with Gasteiger partial charge in [0.05, 0.1) is 5.52 Å². The third-order valence-corrected chi connectivity index (χ3v) is 4.69. The van der Waals surface area contributed by atoms with E-state index in [4.69, 9.17) is 0 Å². The highest BCUT2D eigenvalue weighted by atomic mass is 14.7. The van der Waals surface area contributed by atoms with E-state index in [1.54, 1.807) is 0 Å². The van der Waals surface area contributed by atoms with E-state index in [0.29, 0.717) is 0 Å². The van der Waals surface area contributed by atoms with Crippen molar-refractivity contribution in [1.82, 2.24) is 4.98 Å². The third-order valence-electron chi connectivity index (χ3n) is 4.69. The predicted octanol–water partition coefficient (Wildman–Crippen LogP) is 5.94. The van der Waals surface area contributed by atoms with Gasteiger partial charge in [0.1, 0.15) is 0 Å². The SMILES string of the molecule is Cc1cc2ccccc2c2c1[nH]c1ccc3ccccc3c12. The lowest BCUT2D eigenvalue weighted by molar-refractivity contribution is 1.47. The Labute approximate surface area is 128 Å². The molecule has 0 radical (unpaired) electrons. The summed E-state index contributed by atoms with van der Waals surface area (Å²) in [4.78, 5) is 3.63. The average molecular weight is 281 g/mol. The number of rotatable bonds is 0. The lowest BCUT2D eigenvalue weighted by Gasteiger charge is -2.05. The fourth-order valence-electron chi connectivity index (χ4n) is 3.69. The molecule has 104 valence electrons. The highest BCUT2D eigenvalue weighted by Gasteiger charge is 2.12. The lowest BCUT2D eigenvalue weighted by Crippen LogP contribution is -1.80. The van der Waals surface area contributed by atoms with E-state index in [9.17, 15) is 0 Å². The molecule has 0 aliphatic rings. The largest absolute Gasteiger partial charge is 0.354 e. The molecule has 0 saturated carbocycles. The molecule has 1 heteroatoms. The van der Waals surface area contributed by atoms with Crippen molar-refractivity contribution < 1.29 is 0 Å². The molecule has 4 aromatic carbocycles. The summed E-state index contributed by atoms with van der Waals surface area (Å²) in [6.07, 6.45) is 0. The Bertz CT molecular complexity index is 1180. The molecule has 1 heterocycles. The van der Waals surface area contributed by atoms with Crippen LogP contribution in [-0.2, 0) is 0 Å². The van der Waals surface area contributed by atoms with Gasteiger partial charge in [-0.3, -0.25) is 0 Å². The van der Waals surface area contributed by atoms with Crippen LogP contribution in [0.2, 0.25) is 0 Å². The van der Waals surface area contributed by atoms with Crippen LogP contribution in [0.4, 0.5) is 0 Å². The van der Waals surface area contributed by atoms with Crippen LogP contribution >= 0.6 is 0 Å². The first-order valence-corrected chi connectivity index (χ1v) is 7.64. The first kappa shape index (κ1) is 11.8. The number of hydrogen-bond donors (Lipinski definition) is 1. The van der Waals surface area contributed by atoms with Crippen LogP contribution in [0.5, 0.6) is 0 Å². The standard InChI is InChI=1S/C21H15N/c1-13-12-15-7-3-5-9-17(15)20-19-16-8-4-2-6-14(16)10-11-18(19)22-21(13)20/h2-12,22H,1H3. The minimum absolute atomic E-state index is 1.22. The van der Waals surface area contributed by atoms with Crippen molar-refractivity contribution in [2.45, 2.75) is 6.92 Å². The highest BCUT2D eigenvalue weighted by molar-refractivity contribution is 6.28. The van der Waals surface area contributed by atoms with E-state index < -0.39 is 0 Å². The van der Waals surface area contributed by atoms with E-state index in [2.05, 4.69) is 78.6 Å². The summed E-state index contributed by atoms with van der Waals surface area (Å²) in [6, 6.07) is 24.0. The zero-order valence-electron chi connectivity index (χ0n) is 12.4. The molecule has 1 aromatic heterocycles. The van der Waals surface area contributed by atoms with Crippen LogP contribution in [0.25, 0.3) is 43.4 Å². The van der Waals surface area contributed by atoms with Crippen molar-refractivity contribution >= 4 is 43.4 Å². The molecular weight excluding hydrogens is 266 g/mol. The molecule has 0 saturated heterocycles.